The monoisotopic (exact) mass is 331 g/mol. The summed E-state index contributed by atoms with van der Waals surface area (Å²) >= 11 is 0. The molecule has 2 saturated heterocycles. The van der Waals surface area contributed by atoms with Gasteiger partial charge in [-0.1, -0.05) is 0 Å². The van der Waals surface area contributed by atoms with Gasteiger partial charge in [0.1, 0.15) is 0 Å². The second kappa shape index (κ2) is 6.48. The third kappa shape index (κ3) is 3.22. The molecule has 3 aliphatic rings. The zero-order chi connectivity index (χ0) is 16.7. The highest BCUT2D eigenvalue weighted by Gasteiger charge is 2.46. The van der Waals surface area contributed by atoms with Crippen molar-refractivity contribution >= 4 is 5.91 Å². The molecule has 1 aromatic heterocycles. The quantitative estimate of drug-likeness (QED) is 0.887. The number of aromatic nitrogens is 2. The van der Waals surface area contributed by atoms with E-state index in [4.69, 9.17) is 0 Å². The SMILES string of the molecule is CN1CCC(N2CCC(NC(=O)[C@@H]3C[C@H]3c3cncn3C)C2)CC1. The van der Waals surface area contributed by atoms with Crippen LogP contribution in [0, 0.1) is 5.92 Å². The van der Waals surface area contributed by atoms with Gasteiger partial charge < -0.3 is 14.8 Å². The van der Waals surface area contributed by atoms with Crippen LogP contribution in [0.25, 0.3) is 0 Å². The van der Waals surface area contributed by atoms with E-state index in [1.807, 2.05) is 24.1 Å². The van der Waals surface area contributed by atoms with Crippen LogP contribution in [0.2, 0.25) is 0 Å². The maximum atomic E-state index is 12.5. The Labute approximate surface area is 144 Å². The molecular formula is C18H29N5O. The maximum absolute atomic E-state index is 12.5. The van der Waals surface area contributed by atoms with Crippen molar-refractivity contribution in [3.63, 3.8) is 0 Å². The van der Waals surface area contributed by atoms with E-state index in [-0.39, 0.29) is 11.8 Å². The van der Waals surface area contributed by atoms with Crippen LogP contribution in [-0.2, 0) is 11.8 Å². The number of carbonyl (C=O) groups excluding carboxylic acids is 1. The van der Waals surface area contributed by atoms with E-state index in [2.05, 4.69) is 27.1 Å². The van der Waals surface area contributed by atoms with Crippen LogP contribution in [0.4, 0.5) is 0 Å². The molecule has 3 atom stereocenters. The highest BCUT2D eigenvalue weighted by atomic mass is 16.2. The van der Waals surface area contributed by atoms with Crippen molar-refractivity contribution in [2.24, 2.45) is 13.0 Å². The van der Waals surface area contributed by atoms with Crippen molar-refractivity contribution in [3.8, 4) is 0 Å². The number of nitrogens with zero attached hydrogens (tertiary/aromatic N) is 4. The lowest BCUT2D eigenvalue weighted by molar-refractivity contribution is -0.123. The molecule has 0 spiro atoms. The molecule has 1 aliphatic carbocycles. The summed E-state index contributed by atoms with van der Waals surface area (Å²) in [7, 11) is 4.21. The van der Waals surface area contributed by atoms with Crippen molar-refractivity contribution in [1.29, 1.82) is 0 Å². The lowest BCUT2D eigenvalue weighted by Crippen LogP contribution is -2.44. The standard InChI is InChI=1S/C18H29N5O/c1-21-6-4-14(5-7-21)23-8-3-13(11-23)20-18(24)16-9-15(16)17-10-19-12-22(17)2/h10,12-16H,3-9,11H2,1-2H3,(H,20,24)/t13?,15-,16-/m1/s1. The summed E-state index contributed by atoms with van der Waals surface area (Å²) in [5, 5.41) is 3.31. The lowest BCUT2D eigenvalue weighted by Gasteiger charge is -2.35. The van der Waals surface area contributed by atoms with E-state index >= 15 is 0 Å². The van der Waals surface area contributed by atoms with Crippen LogP contribution in [0.5, 0.6) is 0 Å². The summed E-state index contributed by atoms with van der Waals surface area (Å²) in [6.07, 6.45) is 8.32. The normalized spacial score (nSPS) is 32.2. The Morgan fingerprint density at radius 2 is 2.00 bits per heavy atom. The molecule has 0 radical (unpaired) electrons. The lowest BCUT2D eigenvalue weighted by atomic mass is 10.0. The zero-order valence-corrected chi connectivity index (χ0v) is 14.8. The average molecular weight is 331 g/mol. The Morgan fingerprint density at radius 3 is 2.71 bits per heavy atom. The second-order valence-corrected chi connectivity index (χ2v) is 7.90. The van der Waals surface area contributed by atoms with Crippen LogP contribution in [0.3, 0.4) is 0 Å². The van der Waals surface area contributed by atoms with E-state index in [0.29, 0.717) is 18.0 Å². The molecule has 0 bridgehead atoms. The summed E-state index contributed by atoms with van der Waals surface area (Å²) in [6.45, 7) is 4.57. The molecule has 1 amide bonds. The number of imidazole rings is 1. The zero-order valence-electron chi connectivity index (χ0n) is 14.8. The van der Waals surface area contributed by atoms with Crippen LogP contribution in [0.1, 0.15) is 37.3 Å². The first-order valence-electron chi connectivity index (χ1n) is 9.31. The van der Waals surface area contributed by atoms with Gasteiger partial charge in [-0.3, -0.25) is 9.69 Å². The minimum Gasteiger partial charge on any atom is -0.352 e. The van der Waals surface area contributed by atoms with Crippen LogP contribution in [0.15, 0.2) is 12.5 Å². The van der Waals surface area contributed by atoms with Gasteiger partial charge in [-0.25, -0.2) is 4.98 Å². The van der Waals surface area contributed by atoms with Gasteiger partial charge in [0.25, 0.3) is 0 Å². The number of carbonyl (C=O) groups is 1. The van der Waals surface area contributed by atoms with E-state index in [1.54, 1.807) is 0 Å². The van der Waals surface area contributed by atoms with E-state index in [9.17, 15) is 4.79 Å². The fraction of sp³-hybridized carbons (Fsp3) is 0.778. The maximum Gasteiger partial charge on any atom is 0.224 e. The predicted molar refractivity (Wildman–Crippen MR) is 92.7 cm³/mol. The van der Waals surface area contributed by atoms with Gasteiger partial charge in [-0.15, -0.1) is 0 Å². The van der Waals surface area contributed by atoms with Crippen molar-refractivity contribution in [3.05, 3.63) is 18.2 Å². The predicted octanol–water partition coefficient (Wildman–Crippen LogP) is 0.808. The Morgan fingerprint density at radius 1 is 1.21 bits per heavy atom. The summed E-state index contributed by atoms with van der Waals surface area (Å²) in [5.41, 5.74) is 1.19. The van der Waals surface area contributed by atoms with Gasteiger partial charge in [0, 0.05) is 55.9 Å². The molecule has 2 aliphatic heterocycles. The summed E-state index contributed by atoms with van der Waals surface area (Å²) < 4.78 is 2.04. The second-order valence-electron chi connectivity index (χ2n) is 7.90. The third-order valence-corrected chi connectivity index (χ3v) is 6.13. The first kappa shape index (κ1) is 16.1. The van der Waals surface area contributed by atoms with Crippen molar-refractivity contribution < 1.29 is 4.79 Å². The van der Waals surface area contributed by atoms with Crippen LogP contribution < -0.4 is 5.32 Å². The molecule has 3 fully saturated rings. The number of piperidine rings is 1. The first-order valence-corrected chi connectivity index (χ1v) is 9.31. The molecule has 6 heteroatoms. The number of hydrogen-bond acceptors (Lipinski definition) is 4. The molecule has 4 rings (SSSR count). The van der Waals surface area contributed by atoms with Gasteiger partial charge in [-0.2, -0.15) is 0 Å². The van der Waals surface area contributed by atoms with Gasteiger partial charge in [-0.05, 0) is 45.8 Å². The van der Waals surface area contributed by atoms with E-state index in [0.717, 1.165) is 25.9 Å². The molecule has 1 unspecified atom stereocenters. The Kier molecular flexibility index (Phi) is 4.35. The number of rotatable bonds is 4. The van der Waals surface area contributed by atoms with Gasteiger partial charge in [0.2, 0.25) is 5.91 Å². The van der Waals surface area contributed by atoms with E-state index < -0.39 is 0 Å². The molecule has 24 heavy (non-hydrogen) atoms. The third-order valence-electron chi connectivity index (χ3n) is 6.13. The summed E-state index contributed by atoms with van der Waals surface area (Å²) in [6, 6.07) is 1.05. The van der Waals surface area contributed by atoms with Gasteiger partial charge in [0.15, 0.2) is 0 Å². The smallest absolute Gasteiger partial charge is 0.224 e. The minimum absolute atomic E-state index is 0.151. The first-order chi connectivity index (χ1) is 11.6. The fourth-order valence-corrected chi connectivity index (χ4v) is 4.44. The average Bonchev–Trinajstić information content (AvgIpc) is 3.03. The van der Waals surface area contributed by atoms with Crippen molar-refractivity contribution in [2.45, 2.75) is 43.7 Å². The molecule has 132 valence electrons. The number of amides is 1. The summed E-state index contributed by atoms with van der Waals surface area (Å²) in [5.74, 6) is 0.762. The van der Waals surface area contributed by atoms with Gasteiger partial charge in [0.05, 0.1) is 6.33 Å². The number of nitrogens with one attached hydrogen (secondary N) is 1. The number of likely N-dealkylation sites (tertiary alicyclic amines) is 2. The Balaban J connectivity index is 1.25. The topological polar surface area (TPSA) is 53.4 Å². The summed E-state index contributed by atoms with van der Waals surface area (Å²) in [4.78, 5) is 21.7. The highest BCUT2D eigenvalue weighted by molar-refractivity contribution is 5.83. The highest BCUT2D eigenvalue weighted by Crippen LogP contribution is 2.47. The fourth-order valence-electron chi connectivity index (χ4n) is 4.44. The molecular weight excluding hydrogens is 302 g/mol. The number of aryl methyl sites for hydroxylation is 1. The largest absolute Gasteiger partial charge is 0.352 e. The molecule has 1 N–H and O–H groups in total. The minimum atomic E-state index is 0.151. The Hall–Kier alpha value is -1.40. The number of hydrogen-bond donors (Lipinski definition) is 1. The van der Waals surface area contributed by atoms with Gasteiger partial charge >= 0.3 is 0 Å². The van der Waals surface area contributed by atoms with Crippen LogP contribution >= 0.6 is 0 Å². The van der Waals surface area contributed by atoms with Crippen molar-refractivity contribution in [2.75, 3.05) is 33.2 Å². The van der Waals surface area contributed by atoms with Crippen molar-refractivity contribution in [1.82, 2.24) is 24.7 Å². The Bertz CT molecular complexity index is 592. The van der Waals surface area contributed by atoms with Crippen LogP contribution in [-0.4, -0.2) is 70.6 Å². The molecule has 1 saturated carbocycles. The molecule has 3 heterocycles. The molecule has 1 aromatic rings. The molecule has 6 nitrogen and oxygen atoms in total. The van der Waals surface area contributed by atoms with E-state index in [1.165, 1.54) is 31.6 Å². The molecule has 0 aromatic carbocycles.